The first-order chi connectivity index (χ1) is 12.6. The van der Waals surface area contributed by atoms with Gasteiger partial charge in [0, 0.05) is 23.4 Å². The molecule has 146 valence electrons. The third kappa shape index (κ3) is 4.80. The van der Waals surface area contributed by atoms with Gasteiger partial charge in [-0.15, -0.1) is 22.6 Å². The number of anilines is 1. The fraction of sp³-hybridized carbons (Fsp3) is 0.526. The van der Waals surface area contributed by atoms with Gasteiger partial charge in [0.2, 0.25) is 11.0 Å². The minimum Gasteiger partial charge on any atom is -0.327 e. The topological polar surface area (TPSA) is 80.9 Å². The van der Waals surface area contributed by atoms with Crippen LogP contribution in [0.15, 0.2) is 24.3 Å². The number of amides is 1. The zero-order valence-electron chi connectivity index (χ0n) is 14.9. The minimum absolute atomic E-state index is 0. The Hall–Kier alpha value is -1.21. The maximum Gasteiger partial charge on any atom is 0.229 e. The summed E-state index contributed by atoms with van der Waals surface area (Å²) in [5.74, 6) is 1.10. The van der Waals surface area contributed by atoms with Crippen molar-refractivity contribution in [1.82, 2.24) is 10.2 Å². The largest absolute Gasteiger partial charge is 0.327 e. The van der Waals surface area contributed by atoms with Crippen LogP contribution < -0.4 is 11.1 Å². The summed E-state index contributed by atoms with van der Waals surface area (Å²) in [6, 6.07) is 7.98. The van der Waals surface area contributed by atoms with Gasteiger partial charge in [-0.05, 0) is 55.2 Å². The number of halogens is 2. The van der Waals surface area contributed by atoms with Gasteiger partial charge in [0.25, 0.3) is 0 Å². The van der Waals surface area contributed by atoms with Gasteiger partial charge in [0.1, 0.15) is 5.01 Å². The fourth-order valence-corrected chi connectivity index (χ4v) is 5.40. The molecule has 2 fully saturated rings. The Bertz CT molecular complexity index is 786. The van der Waals surface area contributed by atoms with E-state index in [1.807, 2.05) is 24.3 Å². The monoisotopic (exact) mass is 426 g/mol. The summed E-state index contributed by atoms with van der Waals surface area (Å²) >= 11 is 7.45. The second-order valence-corrected chi connectivity index (χ2v) is 8.99. The quantitative estimate of drug-likeness (QED) is 0.763. The van der Waals surface area contributed by atoms with E-state index < -0.39 is 0 Å². The molecule has 2 aliphatic rings. The van der Waals surface area contributed by atoms with Gasteiger partial charge in [-0.25, -0.2) is 0 Å². The van der Waals surface area contributed by atoms with E-state index in [-0.39, 0.29) is 30.3 Å². The number of rotatable bonds is 4. The predicted octanol–water partition coefficient (Wildman–Crippen LogP) is 4.30. The molecule has 1 amide bonds. The van der Waals surface area contributed by atoms with Crippen LogP contribution in [0.4, 0.5) is 5.13 Å². The molecule has 2 unspecified atom stereocenters. The zero-order chi connectivity index (χ0) is 18.1. The van der Waals surface area contributed by atoms with Crippen LogP contribution in [0.25, 0.3) is 0 Å². The number of carbonyl (C=O) groups is 1. The molecule has 2 bridgehead atoms. The Morgan fingerprint density at radius 1 is 1.26 bits per heavy atom. The van der Waals surface area contributed by atoms with Crippen LogP contribution in [-0.4, -0.2) is 22.1 Å². The molecule has 0 spiro atoms. The van der Waals surface area contributed by atoms with Crippen molar-refractivity contribution in [2.24, 2.45) is 23.5 Å². The van der Waals surface area contributed by atoms with Crippen molar-refractivity contribution in [1.29, 1.82) is 0 Å². The van der Waals surface area contributed by atoms with E-state index in [0.29, 0.717) is 28.4 Å². The number of carbonyl (C=O) groups excluding carboxylic acids is 1. The molecule has 1 aromatic heterocycles. The Kier molecular flexibility index (Phi) is 6.74. The molecule has 2 aliphatic carbocycles. The van der Waals surface area contributed by atoms with Crippen LogP contribution >= 0.6 is 35.3 Å². The second-order valence-electron chi connectivity index (χ2n) is 7.49. The summed E-state index contributed by atoms with van der Waals surface area (Å²) in [7, 11) is 0. The lowest BCUT2D eigenvalue weighted by molar-refractivity contribution is -0.122. The average molecular weight is 427 g/mol. The van der Waals surface area contributed by atoms with Crippen molar-refractivity contribution in [3.05, 3.63) is 39.9 Å². The van der Waals surface area contributed by atoms with Gasteiger partial charge in [-0.2, -0.15) is 0 Å². The second kappa shape index (κ2) is 8.86. The minimum atomic E-state index is 0. The molecule has 27 heavy (non-hydrogen) atoms. The normalized spacial score (nSPS) is 26.9. The zero-order valence-corrected chi connectivity index (χ0v) is 17.3. The third-order valence-corrected chi connectivity index (χ3v) is 6.80. The van der Waals surface area contributed by atoms with Crippen LogP contribution in [0.1, 0.15) is 42.7 Å². The van der Waals surface area contributed by atoms with E-state index >= 15 is 0 Å². The first-order valence-electron chi connectivity index (χ1n) is 9.22. The van der Waals surface area contributed by atoms with Gasteiger partial charge in [0.15, 0.2) is 0 Å². The molecule has 2 saturated carbocycles. The van der Waals surface area contributed by atoms with E-state index in [0.717, 1.165) is 36.3 Å². The Morgan fingerprint density at radius 3 is 2.70 bits per heavy atom. The van der Waals surface area contributed by atoms with Crippen molar-refractivity contribution >= 4 is 46.4 Å². The van der Waals surface area contributed by atoms with Crippen LogP contribution in [0.2, 0.25) is 5.02 Å². The number of aromatic nitrogens is 2. The molecule has 2 atom stereocenters. The Morgan fingerprint density at radius 2 is 2.00 bits per heavy atom. The summed E-state index contributed by atoms with van der Waals surface area (Å²) in [6.45, 7) is 0. The van der Waals surface area contributed by atoms with E-state index in [2.05, 4.69) is 15.5 Å². The number of fused-ring (bicyclic) bond motifs is 2. The van der Waals surface area contributed by atoms with Crippen LogP contribution in [-0.2, 0) is 11.2 Å². The van der Waals surface area contributed by atoms with E-state index in [4.69, 9.17) is 17.3 Å². The molecular formula is C19H24Cl2N4OS. The van der Waals surface area contributed by atoms with Crippen molar-refractivity contribution in [3.8, 4) is 0 Å². The molecule has 8 heteroatoms. The summed E-state index contributed by atoms with van der Waals surface area (Å²) in [4.78, 5) is 12.7. The number of nitrogens with zero attached hydrogens (tertiary/aromatic N) is 2. The highest BCUT2D eigenvalue weighted by molar-refractivity contribution is 7.15. The van der Waals surface area contributed by atoms with E-state index in [9.17, 15) is 4.79 Å². The van der Waals surface area contributed by atoms with E-state index in [1.54, 1.807) is 0 Å². The first-order valence-corrected chi connectivity index (χ1v) is 10.4. The summed E-state index contributed by atoms with van der Waals surface area (Å²) in [5.41, 5.74) is 7.41. The van der Waals surface area contributed by atoms with Crippen LogP contribution in [0, 0.1) is 17.8 Å². The molecule has 4 rings (SSSR count). The molecule has 0 aliphatic heterocycles. The van der Waals surface area contributed by atoms with Gasteiger partial charge >= 0.3 is 0 Å². The highest BCUT2D eigenvalue weighted by Gasteiger charge is 2.40. The SMILES string of the molecule is Cl.NC1C2CCCC1CC(C(=O)Nc1nnc(Cc3cccc(Cl)c3)s1)C2. The summed E-state index contributed by atoms with van der Waals surface area (Å²) < 4.78 is 0. The molecule has 1 aromatic carbocycles. The fourth-order valence-electron chi connectivity index (χ4n) is 4.41. The Balaban J connectivity index is 0.00000210. The molecule has 0 radical (unpaired) electrons. The average Bonchev–Trinajstić information content (AvgIpc) is 3.01. The standard InChI is InChI=1S/C19H23ClN4OS.ClH/c20-15-6-1-3-11(7-15)8-16-23-24-19(26-16)22-18(25)14-9-12-4-2-5-13(10-14)17(12)21;/h1,3,6-7,12-14,17H,2,4-5,8-10,21H2,(H,22,24,25);1H. The molecule has 3 N–H and O–H groups in total. The third-order valence-electron chi connectivity index (χ3n) is 5.73. The van der Waals surface area contributed by atoms with Gasteiger partial charge in [-0.1, -0.05) is 41.5 Å². The Labute approximate surface area is 174 Å². The van der Waals surface area contributed by atoms with Gasteiger partial charge in [-0.3, -0.25) is 4.79 Å². The van der Waals surface area contributed by atoms with Crippen molar-refractivity contribution in [2.45, 2.75) is 44.6 Å². The number of benzene rings is 1. The first kappa shape index (κ1) is 20.5. The lowest BCUT2D eigenvalue weighted by Gasteiger charge is -2.43. The molecule has 0 saturated heterocycles. The number of hydrogen-bond donors (Lipinski definition) is 2. The smallest absolute Gasteiger partial charge is 0.229 e. The number of nitrogens with one attached hydrogen (secondary N) is 1. The van der Waals surface area contributed by atoms with Gasteiger partial charge < -0.3 is 11.1 Å². The lowest BCUT2D eigenvalue weighted by Crippen LogP contribution is -2.48. The molecule has 1 heterocycles. The number of hydrogen-bond acceptors (Lipinski definition) is 5. The van der Waals surface area contributed by atoms with Crippen molar-refractivity contribution in [3.63, 3.8) is 0 Å². The summed E-state index contributed by atoms with van der Waals surface area (Å²) in [6.07, 6.45) is 6.03. The van der Waals surface area contributed by atoms with E-state index in [1.165, 1.54) is 17.8 Å². The molecule has 5 nitrogen and oxygen atoms in total. The van der Waals surface area contributed by atoms with Gasteiger partial charge in [0.05, 0.1) is 0 Å². The van der Waals surface area contributed by atoms with Crippen molar-refractivity contribution < 1.29 is 4.79 Å². The van der Waals surface area contributed by atoms with Crippen molar-refractivity contribution in [2.75, 3.05) is 5.32 Å². The molecule has 2 aromatic rings. The molecular weight excluding hydrogens is 403 g/mol. The predicted molar refractivity (Wildman–Crippen MR) is 112 cm³/mol. The summed E-state index contributed by atoms with van der Waals surface area (Å²) in [5, 5.41) is 13.5. The lowest BCUT2D eigenvalue weighted by atomic mass is 9.65. The maximum absolute atomic E-state index is 12.7. The maximum atomic E-state index is 12.7. The number of nitrogens with two attached hydrogens (primary N) is 1. The van der Waals surface area contributed by atoms with Crippen LogP contribution in [0.3, 0.4) is 0 Å². The van der Waals surface area contributed by atoms with Crippen LogP contribution in [0.5, 0.6) is 0 Å². The highest BCUT2D eigenvalue weighted by atomic mass is 35.5. The highest BCUT2D eigenvalue weighted by Crippen LogP contribution is 2.42.